The van der Waals surface area contributed by atoms with Gasteiger partial charge in [-0.2, -0.15) is 18.4 Å². The molecule has 0 radical (unpaired) electrons. The molecule has 2 aromatic carbocycles. The predicted octanol–water partition coefficient (Wildman–Crippen LogP) is 5.94. The van der Waals surface area contributed by atoms with Crippen molar-refractivity contribution in [3.8, 4) is 22.5 Å². The van der Waals surface area contributed by atoms with Gasteiger partial charge in [-0.3, -0.25) is 9.59 Å². The number of nitrogens with two attached hydrogens (primary N) is 1. The first kappa shape index (κ1) is 46.1. The third kappa shape index (κ3) is 13.3. The van der Waals surface area contributed by atoms with Crippen molar-refractivity contribution in [2.45, 2.75) is 96.7 Å². The third-order valence-corrected chi connectivity index (χ3v) is 10.1. The number of carboxylic acids is 1. The third-order valence-electron chi connectivity index (χ3n) is 10.1. The van der Waals surface area contributed by atoms with Gasteiger partial charge in [0.25, 0.3) is 5.91 Å². The molecular formula is C42H52F3N9O7. The summed E-state index contributed by atoms with van der Waals surface area (Å²) in [7, 11) is 0. The molecule has 1 aliphatic heterocycles. The minimum absolute atomic E-state index is 0.149. The highest BCUT2D eigenvalue weighted by Gasteiger charge is 2.38. The highest BCUT2D eigenvalue weighted by atomic mass is 19.4. The van der Waals surface area contributed by atoms with E-state index in [1.54, 1.807) is 24.3 Å². The smallest absolute Gasteiger partial charge is 0.475 e. The van der Waals surface area contributed by atoms with Crippen LogP contribution in [0.2, 0.25) is 0 Å². The number of ether oxygens (including phenoxy) is 2. The maximum Gasteiger partial charge on any atom is 0.490 e. The maximum atomic E-state index is 14.2. The van der Waals surface area contributed by atoms with Crippen molar-refractivity contribution in [1.29, 1.82) is 0 Å². The highest BCUT2D eigenvalue weighted by Crippen LogP contribution is 2.32. The Kier molecular flexibility index (Phi) is 15.2. The average Bonchev–Trinajstić information content (AvgIpc) is 3.75. The number of nitrogens with one attached hydrogen (secondary N) is 2. The lowest BCUT2D eigenvalue weighted by atomic mass is 9.81. The molecule has 2 aromatic heterocycles. The molecule has 19 heteroatoms. The molecule has 61 heavy (non-hydrogen) atoms. The molecule has 3 heterocycles. The summed E-state index contributed by atoms with van der Waals surface area (Å²) in [6.45, 7) is 11.7. The van der Waals surface area contributed by atoms with Crippen molar-refractivity contribution in [2.24, 2.45) is 17.6 Å². The van der Waals surface area contributed by atoms with Gasteiger partial charge in [0.05, 0.1) is 23.9 Å². The summed E-state index contributed by atoms with van der Waals surface area (Å²) in [6.07, 6.45) is -0.486. The molecule has 1 aliphatic carbocycles. The Labute approximate surface area is 351 Å². The van der Waals surface area contributed by atoms with E-state index in [1.807, 2.05) is 57.3 Å². The number of anilines is 2. The number of tetrazole rings is 1. The van der Waals surface area contributed by atoms with Crippen molar-refractivity contribution in [2.75, 3.05) is 29.4 Å². The topological polar surface area (TPSA) is 219 Å². The van der Waals surface area contributed by atoms with E-state index in [0.29, 0.717) is 36.5 Å². The zero-order valence-corrected chi connectivity index (χ0v) is 34.7. The van der Waals surface area contributed by atoms with Gasteiger partial charge in [0.1, 0.15) is 11.4 Å². The number of imide groups is 1. The Hall–Kier alpha value is -5.95. The molecular weight excluding hydrogens is 800 g/mol. The largest absolute Gasteiger partial charge is 0.490 e. The zero-order chi connectivity index (χ0) is 44.5. The number of pyridine rings is 1. The molecule has 3 atom stereocenters. The Balaban J connectivity index is 0.000000925. The Morgan fingerprint density at radius 3 is 2.05 bits per heavy atom. The van der Waals surface area contributed by atoms with Crippen LogP contribution >= 0.6 is 0 Å². The summed E-state index contributed by atoms with van der Waals surface area (Å²) < 4.78 is 43.0. The minimum Gasteiger partial charge on any atom is -0.475 e. The molecule has 2 aliphatic rings. The van der Waals surface area contributed by atoms with E-state index in [1.165, 1.54) is 4.90 Å². The van der Waals surface area contributed by atoms with E-state index in [9.17, 15) is 27.6 Å². The first-order valence-electron chi connectivity index (χ1n) is 20.0. The van der Waals surface area contributed by atoms with Gasteiger partial charge in [0.15, 0.2) is 0 Å². The summed E-state index contributed by atoms with van der Waals surface area (Å²) in [5.74, 6) is -2.36. The number of carboxylic acid groups (broad SMARTS) is 1. The number of alkyl halides is 3. The Bertz CT molecular complexity index is 2060. The molecule has 1 saturated heterocycles. The molecule has 1 saturated carbocycles. The van der Waals surface area contributed by atoms with Crippen LogP contribution < -0.4 is 20.9 Å². The van der Waals surface area contributed by atoms with Gasteiger partial charge in [0, 0.05) is 42.9 Å². The van der Waals surface area contributed by atoms with Crippen molar-refractivity contribution in [1.82, 2.24) is 30.9 Å². The van der Waals surface area contributed by atoms with Crippen molar-refractivity contribution >= 4 is 35.4 Å². The van der Waals surface area contributed by atoms with Crippen molar-refractivity contribution in [3.63, 3.8) is 0 Å². The molecule has 3 amide bonds. The summed E-state index contributed by atoms with van der Waals surface area (Å²) in [6, 6.07) is 18.0. The number of hydrogen-bond donors (Lipinski definition) is 4. The van der Waals surface area contributed by atoms with E-state index in [2.05, 4.69) is 50.8 Å². The number of H-pyrrole nitrogens is 1. The molecule has 328 valence electrons. The van der Waals surface area contributed by atoms with Gasteiger partial charge in [0.2, 0.25) is 11.7 Å². The molecule has 0 spiro atoms. The van der Waals surface area contributed by atoms with Crippen LogP contribution in [0.25, 0.3) is 22.5 Å². The van der Waals surface area contributed by atoms with Crippen LogP contribution in [0.4, 0.5) is 29.5 Å². The number of halogens is 3. The van der Waals surface area contributed by atoms with Crippen LogP contribution in [0.15, 0.2) is 66.9 Å². The molecule has 4 aromatic rings. The van der Waals surface area contributed by atoms with E-state index < -0.39 is 35.8 Å². The second-order valence-corrected chi connectivity index (χ2v) is 16.3. The molecule has 2 fully saturated rings. The average molecular weight is 852 g/mol. The fourth-order valence-electron chi connectivity index (χ4n) is 7.19. The Morgan fingerprint density at radius 1 is 0.934 bits per heavy atom. The number of hydrogen-bond acceptors (Lipinski definition) is 12. The number of carbonyl (C=O) groups is 4. The molecule has 6 rings (SSSR count). The maximum absolute atomic E-state index is 14.2. The van der Waals surface area contributed by atoms with E-state index in [4.69, 9.17) is 30.1 Å². The van der Waals surface area contributed by atoms with Crippen LogP contribution in [-0.4, -0.2) is 104 Å². The zero-order valence-electron chi connectivity index (χ0n) is 34.7. The van der Waals surface area contributed by atoms with Crippen LogP contribution in [0.5, 0.6) is 0 Å². The summed E-state index contributed by atoms with van der Waals surface area (Å²) in [4.78, 5) is 57.7. The number of benzene rings is 2. The Morgan fingerprint density at radius 2 is 1.52 bits per heavy atom. The van der Waals surface area contributed by atoms with Gasteiger partial charge >= 0.3 is 18.2 Å². The van der Waals surface area contributed by atoms with Crippen LogP contribution in [0.3, 0.4) is 0 Å². The number of morpholine rings is 1. The second kappa shape index (κ2) is 20.1. The molecule has 2 unspecified atom stereocenters. The number of amides is 3. The second-order valence-electron chi connectivity index (χ2n) is 16.3. The molecule has 5 N–H and O–H groups in total. The van der Waals surface area contributed by atoms with Crippen molar-refractivity contribution < 1.29 is 46.9 Å². The fraction of sp³-hybridized carbons (Fsp3) is 0.476. The highest BCUT2D eigenvalue weighted by molar-refractivity contribution is 6.17. The molecule has 16 nitrogen and oxygen atoms in total. The number of nitrogens with zero attached hydrogens (tertiary/aromatic N) is 6. The lowest BCUT2D eigenvalue weighted by Crippen LogP contribution is -2.50. The van der Waals surface area contributed by atoms with Gasteiger partial charge in [-0.25, -0.2) is 19.5 Å². The van der Waals surface area contributed by atoms with Gasteiger partial charge in [-0.05, 0) is 125 Å². The van der Waals surface area contributed by atoms with Gasteiger partial charge in [-0.1, -0.05) is 24.3 Å². The minimum atomic E-state index is -5.08. The van der Waals surface area contributed by atoms with Gasteiger partial charge < -0.3 is 30.5 Å². The number of carbonyl (C=O) groups excluding carboxylic acids is 3. The number of rotatable bonds is 10. The summed E-state index contributed by atoms with van der Waals surface area (Å²) >= 11 is 0. The quantitative estimate of drug-likeness (QED) is 0.146. The fourth-order valence-corrected chi connectivity index (χ4v) is 7.19. The van der Waals surface area contributed by atoms with E-state index >= 15 is 0 Å². The lowest BCUT2D eigenvalue weighted by molar-refractivity contribution is -0.192. The predicted molar refractivity (Wildman–Crippen MR) is 219 cm³/mol. The number of alkyl carbamates (subject to hydrolysis) is 1. The van der Waals surface area contributed by atoms with Crippen molar-refractivity contribution in [3.05, 3.63) is 72.4 Å². The summed E-state index contributed by atoms with van der Waals surface area (Å²) in [5.41, 5.74) is 9.98. The van der Waals surface area contributed by atoms with E-state index in [0.717, 1.165) is 48.4 Å². The summed E-state index contributed by atoms with van der Waals surface area (Å²) in [5, 5.41) is 24.1. The van der Waals surface area contributed by atoms with E-state index in [-0.39, 0.29) is 36.4 Å². The first-order chi connectivity index (χ1) is 28.8. The van der Waals surface area contributed by atoms with Gasteiger partial charge in [-0.15, -0.1) is 10.2 Å². The lowest BCUT2D eigenvalue weighted by Gasteiger charge is -2.36. The SMILES string of the molecule is CC1CN(c2ccc(-c3ccc(C[C@H](N)C(=O)N(c4ccc(-c5nn[nH]n5)cc4)C(=O)[C@H]4CC[C@H](CNC(=O)OC(C)(C)C)CC4)cc3)cn2)CC(C)O1.O=C(O)C(F)(F)F. The van der Waals surface area contributed by atoms with Crippen LogP contribution in [0.1, 0.15) is 65.9 Å². The normalized spacial score (nSPS) is 19.8. The van der Waals surface area contributed by atoms with Crippen LogP contribution in [0, 0.1) is 11.8 Å². The number of aromatic amines is 1. The first-order valence-corrected chi connectivity index (χ1v) is 20.0. The molecule has 0 bridgehead atoms. The van der Waals surface area contributed by atoms with Crippen LogP contribution in [-0.2, 0) is 30.3 Å². The standard InChI is InChI=1S/C40H51N9O5.C2HF3O2/c1-25-23-48(24-26(2)53-25)35-19-16-32(22-42-35)29-10-6-27(7-11-29)20-34(41)38(51)49(33-17-14-30(15-18-33)36-44-46-47-45-36)37(50)31-12-8-28(9-13-31)21-43-39(52)54-40(3,4)5;3-2(4,5)1(6)7/h6-7,10-11,14-19,22,25-26,28,31,34H,8-9,12-13,20-21,23-24,41H2,1-5H3,(H,43,52)(H,44,45,46,47);(H,6,7)/t25?,26?,28-,31-,34-;/m0./s1. The number of aliphatic carboxylic acids is 1. The monoisotopic (exact) mass is 851 g/mol. The number of aromatic nitrogens is 5.